The first-order chi connectivity index (χ1) is 10.3. The van der Waals surface area contributed by atoms with Gasteiger partial charge in [-0.25, -0.2) is 0 Å². The Morgan fingerprint density at radius 2 is 1.23 bits per heavy atom. The molecule has 0 aliphatic heterocycles. The standard InChI is InChI=1S/C19H37NO.ClH/c1-2-3-4-5-6-7-8-9-10-11-12-13-14-15-16-17-19(21)18-20;/h9-10H,2-8,11-18,20H2,1H3;1H. The lowest BCUT2D eigenvalue weighted by molar-refractivity contribution is -0.117. The van der Waals surface area contributed by atoms with Crippen molar-refractivity contribution < 1.29 is 4.79 Å². The molecule has 0 aromatic rings. The van der Waals surface area contributed by atoms with Crippen LogP contribution in [0.5, 0.6) is 0 Å². The lowest BCUT2D eigenvalue weighted by atomic mass is 10.1. The molecule has 2 N–H and O–H groups in total. The summed E-state index contributed by atoms with van der Waals surface area (Å²) in [6.45, 7) is 2.48. The predicted octanol–water partition coefficient (Wildman–Crippen LogP) is 5.97. The number of unbranched alkanes of at least 4 members (excludes halogenated alkanes) is 11. The number of halogens is 1. The average Bonchev–Trinajstić information content (AvgIpc) is 2.50. The van der Waals surface area contributed by atoms with Crippen molar-refractivity contribution >= 4 is 18.2 Å². The average molecular weight is 332 g/mol. The molecule has 0 aliphatic rings. The molecule has 3 heteroatoms. The van der Waals surface area contributed by atoms with Crippen LogP contribution in [0.3, 0.4) is 0 Å². The lowest BCUT2D eigenvalue weighted by Crippen LogP contribution is -2.12. The molecule has 0 rings (SSSR count). The number of allylic oxidation sites excluding steroid dienone is 2. The smallest absolute Gasteiger partial charge is 0.146 e. The van der Waals surface area contributed by atoms with Crippen molar-refractivity contribution in [3.8, 4) is 0 Å². The SMILES string of the molecule is CCCCCCCCC=CCCCCCCCC(=O)CN.Cl. The summed E-state index contributed by atoms with van der Waals surface area (Å²) in [5.41, 5.74) is 5.28. The highest BCUT2D eigenvalue weighted by Gasteiger charge is 1.97. The summed E-state index contributed by atoms with van der Waals surface area (Å²) < 4.78 is 0. The minimum Gasteiger partial charge on any atom is -0.324 e. The zero-order valence-electron chi connectivity index (χ0n) is 14.7. The molecule has 0 amide bonds. The molecule has 0 aromatic carbocycles. The van der Waals surface area contributed by atoms with Crippen LogP contribution in [0.25, 0.3) is 0 Å². The molecule has 22 heavy (non-hydrogen) atoms. The van der Waals surface area contributed by atoms with Crippen LogP contribution in [0, 0.1) is 0 Å². The molecule has 0 unspecified atom stereocenters. The summed E-state index contributed by atoms with van der Waals surface area (Å²) >= 11 is 0. The quantitative estimate of drug-likeness (QED) is 0.279. The minimum absolute atomic E-state index is 0. The van der Waals surface area contributed by atoms with Gasteiger partial charge in [0.1, 0.15) is 5.78 Å². The van der Waals surface area contributed by atoms with Crippen LogP contribution < -0.4 is 5.73 Å². The highest BCUT2D eigenvalue weighted by Crippen LogP contribution is 2.09. The zero-order valence-corrected chi connectivity index (χ0v) is 15.5. The normalized spacial score (nSPS) is 10.8. The minimum atomic E-state index is 0. The van der Waals surface area contributed by atoms with E-state index >= 15 is 0 Å². The summed E-state index contributed by atoms with van der Waals surface area (Å²) in [6.07, 6.45) is 22.2. The number of hydrogen-bond acceptors (Lipinski definition) is 2. The van der Waals surface area contributed by atoms with Gasteiger partial charge in [-0.2, -0.15) is 0 Å². The number of nitrogens with two attached hydrogens (primary N) is 1. The van der Waals surface area contributed by atoms with E-state index in [9.17, 15) is 4.79 Å². The summed E-state index contributed by atoms with van der Waals surface area (Å²) in [7, 11) is 0. The molecular formula is C19H38ClNO. The summed E-state index contributed by atoms with van der Waals surface area (Å²) in [4.78, 5) is 11.0. The molecule has 2 nitrogen and oxygen atoms in total. The number of ketones is 1. The predicted molar refractivity (Wildman–Crippen MR) is 101 cm³/mol. The Morgan fingerprint density at radius 3 is 1.73 bits per heavy atom. The number of rotatable bonds is 16. The maximum absolute atomic E-state index is 11.0. The van der Waals surface area contributed by atoms with Crippen molar-refractivity contribution in [2.24, 2.45) is 5.73 Å². The van der Waals surface area contributed by atoms with Crippen LogP contribution in [0.15, 0.2) is 12.2 Å². The largest absolute Gasteiger partial charge is 0.324 e. The van der Waals surface area contributed by atoms with Crippen molar-refractivity contribution in [3.63, 3.8) is 0 Å². The molecule has 0 atom stereocenters. The molecule has 0 fully saturated rings. The number of Topliss-reactive ketones (excluding diaryl/α,β-unsaturated/α-hetero) is 1. The van der Waals surface area contributed by atoms with E-state index in [-0.39, 0.29) is 24.7 Å². The highest BCUT2D eigenvalue weighted by atomic mass is 35.5. The second-order valence-corrected chi connectivity index (χ2v) is 6.08. The Kier molecular flexibility index (Phi) is 22.5. The molecule has 0 spiro atoms. The van der Waals surface area contributed by atoms with E-state index in [2.05, 4.69) is 19.1 Å². The molecule has 0 aromatic heterocycles. The van der Waals surface area contributed by atoms with Crippen LogP contribution in [0.1, 0.15) is 96.8 Å². The maximum atomic E-state index is 11.0. The van der Waals surface area contributed by atoms with E-state index < -0.39 is 0 Å². The Balaban J connectivity index is 0. The molecule has 0 bridgehead atoms. The summed E-state index contributed by atoms with van der Waals surface area (Å²) in [6, 6.07) is 0. The van der Waals surface area contributed by atoms with Crippen molar-refractivity contribution in [2.45, 2.75) is 96.8 Å². The second-order valence-electron chi connectivity index (χ2n) is 6.08. The van der Waals surface area contributed by atoms with Gasteiger partial charge in [-0.1, -0.05) is 70.4 Å². The van der Waals surface area contributed by atoms with Crippen LogP contribution in [0.4, 0.5) is 0 Å². The van der Waals surface area contributed by atoms with E-state index in [1.54, 1.807) is 0 Å². The monoisotopic (exact) mass is 331 g/mol. The summed E-state index contributed by atoms with van der Waals surface area (Å²) in [5, 5.41) is 0. The van der Waals surface area contributed by atoms with Crippen molar-refractivity contribution in [1.82, 2.24) is 0 Å². The summed E-state index contributed by atoms with van der Waals surface area (Å²) in [5.74, 6) is 0.202. The maximum Gasteiger partial charge on any atom is 0.146 e. The third-order valence-electron chi connectivity index (χ3n) is 3.95. The molecule has 0 aliphatic carbocycles. The third kappa shape index (κ3) is 19.7. The fourth-order valence-corrected chi connectivity index (χ4v) is 2.49. The first kappa shape index (κ1) is 23.9. The molecule has 0 radical (unpaired) electrons. The van der Waals surface area contributed by atoms with Crippen LogP contribution in [0.2, 0.25) is 0 Å². The molecule has 0 saturated carbocycles. The lowest BCUT2D eigenvalue weighted by Gasteiger charge is -2.00. The van der Waals surface area contributed by atoms with Gasteiger partial charge in [-0.05, 0) is 32.1 Å². The van der Waals surface area contributed by atoms with E-state index in [1.807, 2.05) is 0 Å². The highest BCUT2D eigenvalue weighted by molar-refractivity contribution is 5.85. The first-order valence-electron chi connectivity index (χ1n) is 9.18. The first-order valence-corrected chi connectivity index (χ1v) is 9.18. The Morgan fingerprint density at radius 1 is 0.773 bits per heavy atom. The Bertz CT molecular complexity index is 254. The zero-order chi connectivity index (χ0) is 15.6. The second kappa shape index (κ2) is 20.7. The number of carbonyl (C=O) groups excluding carboxylic acids is 1. The van der Waals surface area contributed by atoms with Gasteiger partial charge in [-0.3, -0.25) is 4.79 Å². The van der Waals surface area contributed by atoms with E-state index in [0.29, 0.717) is 6.42 Å². The Labute approximate surface area is 144 Å². The van der Waals surface area contributed by atoms with Gasteiger partial charge in [0.25, 0.3) is 0 Å². The van der Waals surface area contributed by atoms with Crippen molar-refractivity contribution in [3.05, 3.63) is 12.2 Å². The van der Waals surface area contributed by atoms with Gasteiger partial charge in [0.15, 0.2) is 0 Å². The van der Waals surface area contributed by atoms with Gasteiger partial charge in [-0.15, -0.1) is 12.4 Å². The Hall–Kier alpha value is -0.340. The molecular weight excluding hydrogens is 294 g/mol. The van der Waals surface area contributed by atoms with Crippen LogP contribution >= 0.6 is 12.4 Å². The topological polar surface area (TPSA) is 43.1 Å². The van der Waals surface area contributed by atoms with E-state index in [0.717, 1.165) is 6.42 Å². The van der Waals surface area contributed by atoms with Crippen molar-refractivity contribution in [1.29, 1.82) is 0 Å². The van der Waals surface area contributed by atoms with Gasteiger partial charge in [0.05, 0.1) is 6.54 Å². The van der Waals surface area contributed by atoms with E-state index in [4.69, 9.17) is 5.73 Å². The molecule has 0 heterocycles. The van der Waals surface area contributed by atoms with Gasteiger partial charge < -0.3 is 5.73 Å². The molecule has 132 valence electrons. The van der Waals surface area contributed by atoms with Gasteiger partial charge in [0.2, 0.25) is 0 Å². The fraction of sp³-hybridized carbons (Fsp3) is 0.842. The van der Waals surface area contributed by atoms with Gasteiger partial charge >= 0.3 is 0 Å². The molecule has 0 saturated heterocycles. The van der Waals surface area contributed by atoms with Crippen LogP contribution in [-0.4, -0.2) is 12.3 Å². The van der Waals surface area contributed by atoms with Gasteiger partial charge in [0, 0.05) is 6.42 Å². The number of hydrogen-bond donors (Lipinski definition) is 1. The fourth-order valence-electron chi connectivity index (χ4n) is 2.49. The van der Waals surface area contributed by atoms with Crippen LogP contribution in [-0.2, 0) is 4.79 Å². The van der Waals surface area contributed by atoms with Crippen molar-refractivity contribution in [2.75, 3.05) is 6.54 Å². The number of carbonyl (C=O) groups is 1. The third-order valence-corrected chi connectivity index (χ3v) is 3.95. The van der Waals surface area contributed by atoms with E-state index in [1.165, 1.54) is 77.0 Å².